The van der Waals surface area contributed by atoms with Gasteiger partial charge in [0.15, 0.2) is 5.58 Å². The number of rotatable bonds is 3. The lowest BCUT2D eigenvalue weighted by molar-refractivity contribution is 0.0735. The first kappa shape index (κ1) is 17.4. The molecule has 136 valence electrons. The van der Waals surface area contributed by atoms with Crippen LogP contribution in [0, 0.1) is 11.8 Å². The average Bonchev–Trinajstić information content (AvgIpc) is 3.37. The van der Waals surface area contributed by atoms with Crippen LogP contribution >= 0.6 is 0 Å². The lowest BCUT2D eigenvalue weighted by Crippen LogP contribution is -2.35. The number of fused-ring (bicyclic) bond motifs is 1. The van der Waals surface area contributed by atoms with Crippen molar-refractivity contribution >= 4 is 17.0 Å². The molecule has 1 saturated carbocycles. The van der Waals surface area contributed by atoms with E-state index < -0.39 is 0 Å². The summed E-state index contributed by atoms with van der Waals surface area (Å²) in [7, 11) is 1.91. The van der Waals surface area contributed by atoms with E-state index in [0.717, 1.165) is 29.5 Å². The third-order valence-electron chi connectivity index (χ3n) is 5.25. The summed E-state index contributed by atoms with van der Waals surface area (Å²) >= 11 is 0. The first-order valence-electron chi connectivity index (χ1n) is 9.37. The Kier molecular flexibility index (Phi) is 4.68. The number of oxazole rings is 1. The van der Waals surface area contributed by atoms with Crippen LogP contribution in [0.1, 0.15) is 48.5 Å². The molecule has 2 aromatic carbocycles. The Morgan fingerprint density at radius 2 is 1.89 bits per heavy atom. The Balaban J connectivity index is 1.60. The quantitative estimate of drug-likeness (QED) is 0.627. The molecule has 1 aromatic heterocycles. The van der Waals surface area contributed by atoms with E-state index in [-0.39, 0.29) is 5.91 Å². The van der Waals surface area contributed by atoms with E-state index in [1.165, 1.54) is 12.8 Å². The van der Waals surface area contributed by atoms with E-state index >= 15 is 0 Å². The van der Waals surface area contributed by atoms with Crippen LogP contribution in [-0.2, 0) is 0 Å². The highest BCUT2D eigenvalue weighted by Gasteiger charge is 2.24. The van der Waals surface area contributed by atoms with Gasteiger partial charge in [0.25, 0.3) is 5.91 Å². The van der Waals surface area contributed by atoms with Crippen molar-refractivity contribution in [2.75, 3.05) is 7.05 Å². The SMILES string of the molecule is CC#Cc1cccc2oc(-c3ccc(C(=O)N(C)C4CCCC4)cc3)nc12. The second-order valence-electron chi connectivity index (χ2n) is 6.98. The molecule has 0 aliphatic heterocycles. The maximum Gasteiger partial charge on any atom is 0.253 e. The summed E-state index contributed by atoms with van der Waals surface area (Å²) in [6.07, 6.45) is 4.63. The summed E-state index contributed by atoms with van der Waals surface area (Å²) in [5, 5.41) is 0. The lowest BCUT2D eigenvalue weighted by atomic mass is 10.1. The molecule has 1 aliphatic rings. The zero-order chi connectivity index (χ0) is 18.8. The molecular weight excluding hydrogens is 336 g/mol. The van der Waals surface area contributed by atoms with Crippen LogP contribution in [0.25, 0.3) is 22.6 Å². The molecule has 3 aromatic rings. The van der Waals surface area contributed by atoms with Crippen molar-refractivity contribution in [1.82, 2.24) is 9.88 Å². The van der Waals surface area contributed by atoms with Gasteiger partial charge in [-0.05, 0) is 56.2 Å². The third-order valence-corrected chi connectivity index (χ3v) is 5.25. The highest BCUT2D eigenvalue weighted by atomic mass is 16.3. The first-order chi connectivity index (χ1) is 13.2. The predicted octanol–water partition coefficient (Wildman–Crippen LogP) is 4.88. The topological polar surface area (TPSA) is 46.3 Å². The summed E-state index contributed by atoms with van der Waals surface area (Å²) in [6, 6.07) is 13.6. The molecule has 27 heavy (non-hydrogen) atoms. The van der Waals surface area contributed by atoms with Crippen molar-refractivity contribution in [2.24, 2.45) is 0 Å². The zero-order valence-electron chi connectivity index (χ0n) is 15.7. The second-order valence-corrected chi connectivity index (χ2v) is 6.98. The Bertz CT molecular complexity index is 1030. The van der Waals surface area contributed by atoms with E-state index in [4.69, 9.17) is 4.42 Å². The van der Waals surface area contributed by atoms with Crippen LogP contribution in [0.5, 0.6) is 0 Å². The fraction of sp³-hybridized carbons (Fsp3) is 0.304. The number of hydrogen-bond donors (Lipinski definition) is 0. The number of hydrogen-bond acceptors (Lipinski definition) is 3. The molecule has 0 radical (unpaired) electrons. The maximum atomic E-state index is 12.7. The number of benzene rings is 2. The van der Waals surface area contributed by atoms with Crippen LogP contribution in [0.3, 0.4) is 0 Å². The molecule has 4 rings (SSSR count). The Morgan fingerprint density at radius 1 is 1.15 bits per heavy atom. The van der Waals surface area contributed by atoms with E-state index in [1.54, 1.807) is 6.92 Å². The summed E-state index contributed by atoms with van der Waals surface area (Å²) in [5.74, 6) is 6.58. The van der Waals surface area contributed by atoms with Gasteiger partial charge in [-0.2, -0.15) is 0 Å². The molecule has 1 aliphatic carbocycles. The van der Waals surface area contributed by atoms with Gasteiger partial charge in [0.05, 0.1) is 5.56 Å². The average molecular weight is 358 g/mol. The summed E-state index contributed by atoms with van der Waals surface area (Å²) in [4.78, 5) is 19.2. The fourth-order valence-corrected chi connectivity index (χ4v) is 3.72. The minimum atomic E-state index is 0.0755. The monoisotopic (exact) mass is 358 g/mol. The highest BCUT2D eigenvalue weighted by molar-refractivity contribution is 5.94. The number of carbonyl (C=O) groups excluding carboxylic acids is 1. The molecule has 0 spiro atoms. The minimum Gasteiger partial charge on any atom is -0.436 e. The van der Waals surface area contributed by atoms with Gasteiger partial charge in [0, 0.05) is 24.2 Å². The summed E-state index contributed by atoms with van der Waals surface area (Å²) < 4.78 is 5.90. The molecule has 4 heteroatoms. The van der Waals surface area contributed by atoms with Crippen molar-refractivity contribution in [1.29, 1.82) is 0 Å². The highest BCUT2D eigenvalue weighted by Crippen LogP contribution is 2.27. The Morgan fingerprint density at radius 3 is 2.59 bits per heavy atom. The molecule has 0 unspecified atom stereocenters. The van der Waals surface area contributed by atoms with E-state index in [1.807, 2.05) is 54.4 Å². The molecular formula is C23H22N2O2. The molecule has 4 nitrogen and oxygen atoms in total. The Labute approximate surface area is 159 Å². The van der Waals surface area contributed by atoms with Gasteiger partial charge >= 0.3 is 0 Å². The van der Waals surface area contributed by atoms with Gasteiger partial charge in [0.1, 0.15) is 5.52 Å². The Hall–Kier alpha value is -3.06. The first-order valence-corrected chi connectivity index (χ1v) is 9.37. The van der Waals surface area contributed by atoms with E-state index in [0.29, 0.717) is 23.1 Å². The van der Waals surface area contributed by atoms with Crippen molar-refractivity contribution in [3.63, 3.8) is 0 Å². The number of amides is 1. The van der Waals surface area contributed by atoms with Gasteiger partial charge in [-0.3, -0.25) is 4.79 Å². The standard InChI is InChI=1S/C23H22N2O2/c1-3-7-16-8-6-11-20-21(16)24-22(27-20)17-12-14-18(15-13-17)23(26)25(2)19-9-4-5-10-19/h6,8,11-15,19H,4-5,9-10H2,1-2H3. The van der Waals surface area contributed by atoms with Crippen LogP contribution in [0.15, 0.2) is 46.9 Å². The largest absolute Gasteiger partial charge is 0.436 e. The number of aromatic nitrogens is 1. The van der Waals surface area contributed by atoms with Crippen LogP contribution in [0.4, 0.5) is 0 Å². The molecule has 1 amide bonds. The molecule has 0 bridgehead atoms. The molecule has 1 fully saturated rings. The number of carbonyl (C=O) groups is 1. The van der Waals surface area contributed by atoms with Gasteiger partial charge < -0.3 is 9.32 Å². The normalized spacial score (nSPS) is 14.1. The van der Waals surface area contributed by atoms with Gasteiger partial charge in [-0.1, -0.05) is 24.8 Å². The van der Waals surface area contributed by atoms with Crippen LogP contribution in [-0.4, -0.2) is 28.9 Å². The minimum absolute atomic E-state index is 0.0755. The van der Waals surface area contributed by atoms with Crippen molar-refractivity contribution in [2.45, 2.75) is 38.6 Å². The van der Waals surface area contributed by atoms with Gasteiger partial charge in [-0.25, -0.2) is 4.98 Å². The molecule has 0 atom stereocenters. The summed E-state index contributed by atoms with van der Waals surface area (Å²) in [5.41, 5.74) is 3.88. The van der Waals surface area contributed by atoms with Crippen molar-refractivity contribution < 1.29 is 9.21 Å². The van der Waals surface area contributed by atoms with E-state index in [9.17, 15) is 4.79 Å². The van der Waals surface area contributed by atoms with Gasteiger partial charge in [0.2, 0.25) is 5.89 Å². The third kappa shape index (κ3) is 3.33. The van der Waals surface area contributed by atoms with Crippen LogP contribution in [0.2, 0.25) is 0 Å². The fourth-order valence-electron chi connectivity index (χ4n) is 3.72. The summed E-state index contributed by atoms with van der Waals surface area (Å²) in [6.45, 7) is 1.80. The number of para-hydroxylation sites is 1. The van der Waals surface area contributed by atoms with E-state index in [2.05, 4.69) is 16.8 Å². The lowest BCUT2D eigenvalue weighted by Gasteiger charge is -2.24. The maximum absolute atomic E-state index is 12.7. The molecule has 0 saturated heterocycles. The molecule has 1 heterocycles. The van der Waals surface area contributed by atoms with Crippen molar-refractivity contribution in [3.05, 3.63) is 53.6 Å². The predicted molar refractivity (Wildman–Crippen MR) is 106 cm³/mol. The van der Waals surface area contributed by atoms with Crippen molar-refractivity contribution in [3.8, 4) is 23.3 Å². The van der Waals surface area contributed by atoms with Gasteiger partial charge in [-0.15, -0.1) is 5.92 Å². The molecule has 0 N–H and O–H groups in total. The number of nitrogens with zero attached hydrogens (tertiary/aromatic N) is 2. The second kappa shape index (κ2) is 7.28. The zero-order valence-corrected chi connectivity index (χ0v) is 15.7. The van der Waals surface area contributed by atoms with Crippen LogP contribution < -0.4 is 0 Å². The smallest absolute Gasteiger partial charge is 0.253 e.